The Labute approximate surface area is 426 Å². The lowest BCUT2D eigenvalue weighted by molar-refractivity contribution is 0.103. The molecule has 1 atom stereocenters. The highest BCUT2D eigenvalue weighted by Gasteiger charge is 2.38. The Hall–Kier alpha value is -8.47. The van der Waals surface area contributed by atoms with Crippen LogP contribution < -0.4 is 0 Å². The maximum atomic E-state index is 14.5. The molecule has 3 aliphatic rings. The highest BCUT2D eigenvalue weighted by Crippen LogP contribution is 2.54. The molecule has 0 spiro atoms. The van der Waals surface area contributed by atoms with Gasteiger partial charge >= 0.3 is 0 Å². The summed E-state index contributed by atoms with van der Waals surface area (Å²) >= 11 is 0. The van der Waals surface area contributed by atoms with E-state index >= 15 is 0 Å². The largest absolute Gasteiger partial charge is 0.309 e. The third kappa shape index (κ3) is 6.77. The van der Waals surface area contributed by atoms with Crippen molar-refractivity contribution in [2.45, 2.75) is 63.7 Å². The van der Waals surface area contributed by atoms with E-state index < -0.39 is 0 Å². The third-order valence-corrected chi connectivity index (χ3v) is 16.9. The first-order chi connectivity index (χ1) is 35.6. The van der Waals surface area contributed by atoms with Gasteiger partial charge < -0.3 is 4.57 Å². The summed E-state index contributed by atoms with van der Waals surface area (Å²) < 4.78 is 2.38. The monoisotopic (exact) mass is 939 g/mol. The molecule has 4 heteroatoms. The fraction of sp³-hybridized carbons (Fsp3) is 0.145. The van der Waals surface area contributed by atoms with E-state index in [9.17, 15) is 4.79 Å². The first-order valence-corrected chi connectivity index (χ1v) is 25.8. The van der Waals surface area contributed by atoms with E-state index in [1.54, 1.807) is 0 Å². The second-order valence-corrected chi connectivity index (χ2v) is 21.7. The molecule has 0 aliphatic heterocycles. The van der Waals surface area contributed by atoms with Crippen molar-refractivity contribution in [2.75, 3.05) is 0 Å². The summed E-state index contributed by atoms with van der Waals surface area (Å²) in [6, 6.07) is 65.6. The minimum absolute atomic E-state index is 0.00650. The Morgan fingerprint density at radius 2 is 1.10 bits per heavy atom. The van der Waals surface area contributed by atoms with Crippen LogP contribution in [0, 0.1) is 0 Å². The molecule has 350 valence electrons. The van der Waals surface area contributed by atoms with Gasteiger partial charge in [0.25, 0.3) is 0 Å². The quantitative estimate of drug-likeness (QED) is 0.143. The van der Waals surface area contributed by atoms with Gasteiger partial charge in [0.1, 0.15) is 0 Å². The molecule has 0 radical (unpaired) electrons. The lowest BCUT2D eigenvalue weighted by Gasteiger charge is -2.30. The number of rotatable bonds is 8. The summed E-state index contributed by atoms with van der Waals surface area (Å²) in [6.45, 7) is 9.40. The van der Waals surface area contributed by atoms with Crippen LogP contribution >= 0.6 is 0 Å². The predicted octanol–water partition coefficient (Wildman–Crippen LogP) is 16.7. The molecule has 0 bridgehead atoms. The normalized spacial score (nSPS) is 15.3. The number of pyridine rings is 2. The average molecular weight is 940 g/mol. The smallest absolute Gasteiger partial charge is 0.193 e. The molecule has 1 unspecified atom stereocenters. The Morgan fingerprint density at radius 3 is 1.82 bits per heavy atom. The zero-order valence-electron chi connectivity index (χ0n) is 41.6. The molecule has 8 aromatic carbocycles. The zero-order valence-corrected chi connectivity index (χ0v) is 41.6. The van der Waals surface area contributed by atoms with Crippen LogP contribution in [0.25, 0.3) is 83.1 Å². The summed E-state index contributed by atoms with van der Waals surface area (Å²) in [6.07, 6.45) is 10.9. The number of aryl methyl sites for hydroxylation is 1. The Kier molecular flexibility index (Phi) is 9.66. The van der Waals surface area contributed by atoms with Crippen molar-refractivity contribution >= 4 is 27.6 Å². The summed E-state index contributed by atoms with van der Waals surface area (Å²) in [7, 11) is 0. The van der Waals surface area contributed by atoms with Crippen molar-refractivity contribution in [1.29, 1.82) is 0 Å². The van der Waals surface area contributed by atoms with Crippen LogP contribution in [0.5, 0.6) is 0 Å². The highest BCUT2D eigenvalue weighted by molar-refractivity contribution is 6.12. The second-order valence-electron chi connectivity index (χ2n) is 21.7. The Bertz CT molecular complexity index is 4110. The molecule has 3 aromatic heterocycles. The molecule has 0 N–H and O–H groups in total. The van der Waals surface area contributed by atoms with Crippen molar-refractivity contribution in [3.8, 4) is 61.3 Å². The van der Waals surface area contributed by atoms with Gasteiger partial charge in [0, 0.05) is 68.8 Å². The molecule has 73 heavy (non-hydrogen) atoms. The number of carbonyl (C=O) groups excluding carboxylic acids is 1. The fourth-order valence-electron chi connectivity index (χ4n) is 13.1. The number of hydrogen-bond acceptors (Lipinski definition) is 3. The zero-order chi connectivity index (χ0) is 49.2. The first kappa shape index (κ1) is 43.3. The number of ketones is 1. The first-order valence-electron chi connectivity index (χ1n) is 25.8. The van der Waals surface area contributed by atoms with Crippen LogP contribution in [0.4, 0.5) is 0 Å². The minimum atomic E-state index is -0.124. The number of benzene rings is 8. The summed E-state index contributed by atoms with van der Waals surface area (Å²) in [5.74, 6) is 0.392. The molecule has 4 nitrogen and oxygen atoms in total. The number of hydrogen-bond donors (Lipinski definition) is 0. The third-order valence-electron chi connectivity index (χ3n) is 16.9. The molecule has 11 aromatic rings. The molecule has 14 rings (SSSR count). The van der Waals surface area contributed by atoms with Crippen LogP contribution in [0.3, 0.4) is 0 Å². The van der Waals surface area contributed by atoms with E-state index in [4.69, 9.17) is 0 Å². The van der Waals surface area contributed by atoms with Gasteiger partial charge in [-0.15, -0.1) is 0 Å². The molecule has 3 heterocycles. The standard InChI is InChI=1S/C69H53N3O/c1-68(2)61-23-7-5-21-53(61)56-37-55-50(36-63(56)68)34-47(52-27-29-70-40-59(52)55)26-25-42-13-9-14-43(31-42)44-15-10-18-48(32-44)67(73)49-19-11-16-45(33-49)46-17-12-20-51(35-46)72-65-28-30-71-41-60(65)58-38-57-54-22-6-8-24-62(54)69(3,4)64(57)39-66(58)72/h5-24,27-33,35-41,47H,25-26,34H2,1-4H3. The minimum Gasteiger partial charge on any atom is -0.309 e. The van der Waals surface area contributed by atoms with Crippen LogP contribution in [0.2, 0.25) is 0 Å². The topological polar surface area (TPSA) is 47.8 Å². The number of fused-ring (bicyclic) bond motifs is 12. The maximum absolute atomic E-state index is 14.5. The van der Waals surface area contributed by atoms with E-state index in [-0.39, 0.29) is 16.6 Å². The van der Waals surface area contributed by atoms with E-state index in [0.717, 1.165) is 63.6 Å². The highest BCUT2D eigenvalue weighted by atomic mass is 16.1. The Balaban J connectivity index is 0.726. The molecule has 0 amide bonds. The van der Waals surface area contributed by atoms with Gasteiger partial charge in [-0.25, -0.2) is 0 Å². The predicted molar refractivity (Wildman–Crippen MR) is 299 cm³/mol. The van der Waals surface area contributed by atoms with Gasteiger partial charge in [-0.2, -0.15) is 0 Å². The van der Waals surface area contributed by atoms with Gasteiger partial charge in [0.05, 0.1) is 11.0 Å². The molecular formula is C69H53N3O. The summed E-state index contributed by atoms with van der Waals surface area (Å²) in [4.78, 5) is 23.7. The van der Waals surface area contributed by atoms with Crippen LogP contribution in [0.15, 0.2) is 207 Å². The van der Waals surface area contributed by atoms with Gasteiger partial charge in [0.15, 0.2) is 5.78 Å². The van der Waals surface area contributed by atoms with Crippen LogP contribution in [-0.2, 0) is 23.7 Å². The van der Waals surface area contributed by atoms with E-state index in [1.165, 1.54) is 77.7 Å². The van der Waals surface area contributed by atoms with Crippen molar-refractivity contribution < 1.29 is 4.79 Å². The van der Waals surface area contributed by atoms with Crippen molar-refractivity contribution in [2.24, 2.45) is 0 Å². The number of aromatic nitrogens is 3. The van der Waals surface area contributed by atoms with Gasteiger partial charge in [-0.05, 0) is 169 Å². The van der Waals surface area contributed by atoms with Gasteiger partial charge in [-0.3, -0.25) is 14.8 Å². The summed E-state index contributed by atoms with van der Waals surface area (Å²) in [5.41, 5.74) is 26.3. The van der Waals surface area contributed by atoms with Gasteiger partial charge in [-0.1, -0.05) is 155 Å². The van der Waals surface area contributed by atoms with Gasteiger partial charge in [0.2, 0.25) is 0 Å². The average Bonchev–Trinajstić information content (AvgIpc) is 3.97. The fourth-order valence-corrected chi connectivity index (χ4v) is 13.1. The maximum Gasteiger partial charge on any atom is 0.193 e. The molecular weight excluding hydrogens is 887 g/mol. The summed E-state index contributed by atoms with van der Waals surface area (Å²) in [5, 5.41) is 2.32. The van der Waals surface area contributed by atoms with Crippen LogP contribution in [-0.4, -0.2) is 20.3 Å². The van der Waals surface area contributed by atoms with Crippen molar-refractivity contribution in [1.82, 2.24) is 14.5 Å². The molecule has 3 aliphatic carbocycles. The van der Waals surface area contributed by atoms with Crippen molar-refractivity contribution in [3.63, 3.8) is 0 Å². The number of nitrogens with zero attached hydrogens (tertiary/aromatic N) is 3. The Morgan fingerprint density at radius 1 is 0.493 bits per heavy atom. The number of carbonyl (C=O) groups is 1. The van der Waals surface area contributed by atoms with E-state index in [2.05, 4.69) is 200 Å². The molecule has 0 saturated carbocycles. The SMILES string of the molecule is CC1(C)c2ccccc2-c2cc3c(cc21)CC(CCc1cccc(-c2cccc(C(=O)c4cccc(-c5cccc(-n6c7ccncc7c7cc8c(cc76)C(C)(C)c6ccccc6-8)c5)c4)c2)c1)c1ccncc1-3. The lowest BCUT2D eigenvalue weighted by Crippen LogP contribution is -2.17. The lowest BCUT2D eigenvalue weighted by atomic mass is 9.74. The van der Waals surface area contributed by atoms with E-state index in [1.807, 2.05) is 48.9 Å². The van der Waals surface area contributed by atoms with Crippen LogP contribution in [0.1, 0.15) is 94.9 Å². The molecule has 0 fully saturated rings. The van der Waals surface area contributed by atoms with Crippen molar-refractivity contribution in [3.05, 3.63) is 257 Å². The second kappa shape index (κ2) is 16.3. The van der Waals surface area contributed by atoms with E-state index in [0.29, 0.717) is 17.0 Å². The molecule has 0 saturated heterocycles.